The summed E-state index contributed by atoms with van der Waals surface area (Å²) < 4.78 is 0. The van der Waals surface area contributed by atoms with E-state index >= 15 is 0 Å². The molecule has 0 saturated heterocycles. The van der Waals surface area contributed by atoms with E-state index in [-0.39, 0.29) is 5.56 Å². The third kappa shape index (κ3) is 2.75. The summed E-state index contributed by atoms with van der Waals surface area (Å²) in [7, 11) is 0. The van der Waals surface area contributed by atoms with E-state index in [1.165, 1.54) is 11.1 Å². The van der Waals surface area contributed by atoms with E-state index in [0.29, 0.717) is 12.4 Å². The number of rotatable bonds is 2. The zero-order chi connectivity index (χ0) is 14.8. The van der Waals surface area contributed by atoms with Crippen LogP contribution < -0.4 is 4.90 Å². The smallest absolute Gasteiger partial charge is 0.339 e. The highest BCUT2D eigenvalue weighted by Crippen LogP contribution is 2.25. The SMILES string of the molecule is Cc1ccc(C(=O)O)c(N2CCCc3ccccc3C2)n1. The van der Waals surface area contributed by atoms with E-state index in [1.54, 1.807) is 12.1 Å². The van der Waals surface area contributed by atoms with Gasteiger partial charge in [-0.2, -0.15) is 0 Å². The number of aromatic carboxylic acids is 1. The van der Waals surface area contributed by atoms with Crippen molar-refractivity contribution in [3.63, 3.8) is 0 Å². The molecule has 0 unspecified atom stereocenters. The average Bonchev–Trinajstić information content (AvgIpc) is 2.68. The van der Waals surface area contributed by atoms with E-state index < -0.39 is 5.97 Å². The van der Waals surface area contributed by atoms with E-state index in [9.17, 15) is 9.90 Å². The van der Waals surface area contributed by atoms with Gasteiger partial charge in [-0.25, -0.2) is 9.78 Å². The normalized spacial score (nSPS) is 14.4. The first kappa shape index (κ1) is 13.6. The molecule has 0 aliphatic carbocycles. The number of aromatic nitrogens is 1. The number of anilines is 1. The molecule has 4 heteroatoms. The summed E-state index contributed by atoms with van der Waals surface area (Å²) in [6, 6.07) is 11.8. The second-order valence-corrected chi connectivity index (χ2v) is 5.42. The van der Waals surface area contributed by atoms with E-state index in [0.717, 1.165) is 25.1 Å². The predicted octanol–water partition coefficient (Wildman–Crippen LogP) is 3.04. The van der Waals surface area contributed by atoms with Gasteiger partial charge in [0.25, 0.3) is 0 Å². The van der Waals surface area contributed by atoms with Gasteiger partial charge in [0.05, 0.1) is 0 Å². The van der Waals surface area contributed by atoms with E-state index in [1.807, 2.05) is 13.0 Å². The molecule has 3 rings (SSSR count). The molecule has 0 bridgehead atoms. The molecule has 0 saturated carbocycles. The highest BCUT2D eigenvalue weighted by Gasteiger charge is 2.21. The quantitative estimate of drug-likeness (QED) is 0.920. The van der Waals surface area contributed by atoms with Gasteiger partial charge in [0.2, 0.25) is 0 Å². The molecular weight excluding hydrogens is 264 g/mol. The Bertz CT molecular complexity index is 682. The summed E-state index contributed by atoms with van der Waals surface area (Å²) in [4.78, 5) is 18.0. The number of hydrogen-bond donors (Lipinski definition) is 1. The molecule has 0 spiro atoms. The van der Waals surface area contributed by atoms with Crippen molar-refractivity contribution in [2.45, 2.75) is 26.3 Å². The number of aryl methyl sites for hydroxylation is 2. The number of pyridine rings is 1. The second-order valence-electron chi connectivity index (χ2n) is 5.42. The number of nitrogens with zero attached hydrogens (tertiary/aromatic N) is 2. The fourth-order valence-corrected chi connectivity index (χ4v) is 2.83. The zero-order valence-electron chi connectivity index (χ0n) is 12.0. The number of fused-ring (bicyclic) bond motifs is 1. The number of carboxylic acids is 1. The van der Waals surface area contributed by atoms with Crippen molar-refractivity contribution in [3.05, 3.63) is 58.8 Å². The standard InChI is InChI=1S/C17H18N2O2/c1-12-8-9-15(17(20)21)16(18-12)19-10-4-7-13-5-2-3-6-14(13)11-19/h2-3,5-6,8-9H,4,7,10-11H2,1H3,(H,20,21). The Hall–Kier alpha value is -2.36. The monoisotopic (exact) mass is 282 g/mol. The fourth-order valence-electron chi connectivity index (χ4n) is 2.83. The van der Waals surface area contributed by atoms with Crippen molar-refractivity contribution in [1.29, 1.82) is 0 Å². The van der Waals surface area contributed by atoms with Gasteiger partial charge < -0.3 is 10.0 Å². The molecule has 21 heavy (non-hydrogen) atoms. The minimum atomic E-state index is -0.921. The topological polar surface area (TPSA) is 53.4 Å². The van der Waals surface area contributed by atoms with Crippen LogP contribution in [0.5, 0.6) is 0 Å². The van der Waals surface area contributed by atoms with Crippen molar-refractivity contribution in [2.24, 2.45) is 0 Å². The van der Waals surface area contributed by atoms with Gasteiger partial charge in [-0.15, -0.1) is 0 Å². The maximum Gasteiger partial charge on any atom is 0.339 e. The van der Waals surface area contributed by atoms with Gasteiger partial charge in [-0.1, -0.05) is 24.3 Å². The largest absolute Gasteiger partial charge is 0.478 e. The summed E-state index contributed by atoms with van der Waals surface area (Å²) in [5, 5.41) is 9.39. The number of hydrogen-bond acceptors (Lipinski definition) is 3. The lowest BCUT2D eigenvalue weighted by atomic mass is 10.0. The van der Waals surface area contributed by atoms with Crippen molar-refractivity contribution in [3.8, 4) is 0 Å². The maximum atomic E-state index is 11.4. The highest BCUT2D eigenvalue weighted by molar-refractivity contribution is 5.93. The average molecular weight is 282 g/mol. The van der Waals surface area contributed by atoms with Gasteiger partial charge in [0.1, 0.15) is 11.4 Å². The third-order valence-corrected chi connectivity index (χ3v) is 3.90. The molecule has 1 aromatic heterocycles. The molecule has 1 aliphatic rings. The molecule has 1 aromatic carbocycles. The first-order valence-corrected chi connectivity index (χ1v) is 7.18. The Morgan fingerprint density at radius 1 is 1.19 bits per heavy atom. The molecule has 0 amide bonds. The minimum absolute atomic E-state index is 0.278. The molecule has 2 heterocycles. The zero-order valence-corrected chi connectivity index (χ0v) is 12.0. The fraction of sp³-hybridized carbons (Fsp3) is 0.294. The van der Waals surface area contributed by atoms with Crippen molar-refractivity contribution >= 4 is 11.8 Å². The molecule has 1 N–H and O–H groups in total. The van der Waals surface area contributed by atoms with Gasteiger partial charge >= 0.3 is 5.97 Å². The van der Waals surface area contributed by atoms with E-state index in [2.05, 4.69) is 28.1 Å². The Morgan fingerprint density at radius 2 is 1.95 bits per heavy atom. The van der Waals surface area contributed by atoms with Crippen LogP contribution in [0.2, 0.25) is 0 Å². The summed E-state index contributed by atoms with van der Waals surface area (Å²) in [6.45, 7) is 3.43. The summed E-state index contributed by atoms with van der Waals surface area (Å²) in [5.41, 5.74) is 3.73. The lowest BCUT2D eigenvalue weighted by molar-refractivity contribution is 0.0697. The van der Waals surface area contributed by atoms with Crippen LogP contribution in [0.25, 0.3) is 0 Å². The Labute approximate surface area is 124 Å². The predicted molar refractivity (Wildman–Crippen MR) is 81.7 cm³/mol. The van der Waals surface area contributed by atoms with Crippen molar-refractivity contribution in [1.82, 2.24) is 4.98 Å². The lowest BCUT2D eigenvalue weighted by Gasteiger charge is -2.24. The number of carbonyl (C=O) groups is 1. The van der Waals surface area contributed by atoms with Crippen LogP contribution in [0.15, 0.2) is 36.4 Å². The molecule has 2 aromatic rings. The van der Waals surface area contributed by atoms with Gasteiger partial charge in [0.15, 0.2) is 0 Å². The van der Waals surface area contributed by atoms with Crippen LogP contribution in [-0.2, 0) is 13.0 Å². The highest BCUT2D eigenvalue weighted by atomic mass is 16.4. The van der Waals surface area contributed by atoms with Gasteiger partial charge in [0, 0.05) is 18.8 Å². The molecular formula is C17H18N2O2. The third-order valence-electron chi connectivity index (χ3n) is 3.90. The molecule has 108 valence electrons. The minimum Gasteiger partial charge on any atom is -0.478 e. The van der Waals surface area contributed by atoms with Crippen LogP contribution >= 0.6 is 0 Å². The summed E-state index contributed by atoms with van der Waals surface area (Å²) in [6.07, 6.45) is 2.03. The second kappa shape index (κ2) is 5.56. The van der Waals surface area contributed by atoms with Crippen LogP contribution in [0.4, 0.5) is 5.82 Å². The first-order chi connectivity index (χ1) is 10.1. The van der Waals surface area contributed by atoms with E-state index in [4.69, 9.17) is 0 Å². The number of carboxylic acid groups (broad SMARTS) is 1. The summed E-state index contributed by atoms with van der Waals surface area (Å²) >= 11 is 0. The maximum absolute atomic E-state index is 11.4. The van der Waals surface area contributed by atoms with Crippen LogP contribution in [0, 0.1) is 6.92 Å². The molecule has 1 aliphatic heterocycles. The molecule has 0 fully saturated rings. The van der Waals surface area contributed by atoms with Crippen LogP contribution in [0.1, 0.15) is 33.6 Å². The number of benzene rings is 1. The van der Waals surface area contributed by atoms with Crippen LogP contribution in [-0.4, -0.2) is 22.6 Å². The Kier molecular flexibility index (Phi) is 3.60. The molecule has 0 radical (unpaired) electrons. The Morgan fingerprint density at radius 3 is 2.71 bits per heavy atom. The van der Waals surface area contributed by atoms with Crippen LogP contribution in [0.3, 0.4) is 0 Å². The lowest BCUT2D eigenvalue weighted by Crippen LogP contribution is -2.26. The van der Waals surface area contributed by atoms with Crippen molar-refractivity contribution < 1.29 is 9.90 Å². The van der Waals surface area contributed by atoms with Crippen molar-refractivity contribution in [2.75, 3.05) is 11.4 Å². The summed E-state index contributed by atoms with van der Waals surface area (Å²) in [5.74, 6) is -0.339. The first-order valence-electron chi connectivity index (χ1n) is 7.18. The van der Waals surface area contributed by atoms with Gasteiger partial charge in [-0.3, -0.25) is 0 Å². The molecule has 4 nitrogen and oxygen atoms in total. The van der Waals surface area contributed by atoms with Gasteiger partial charge in [-0.05, 0) is 43.0 Å². The Balaban J connectivity index is 2.01. The molecule has 0 atom stereocenters.